The summed E-state index contributed by atoms with van der Waals surface area (Å²) in [5.74, 6) is -0.383. The number of carbonyl (C=O) groups is 1. The number of rotatable bonds is 8. The summed E-state index contributed by atoms with van der Waals surface area (Å²) in [6, 6.07) is 23.3. The number of nitrogens with zero attached hydrogens (tertiary/aromatic N) is 5. The molecule has 0 radical (unpaired) electrons. The molecule has 1 N–H and O–H groups in total. The Balaban J connectivity index is 1.25. The number of imidazole rings is 1. The van der Waals surface area contributed by atoms with E-state index in [-0.39, 0.29) is 11.8 Å². The molecule has 170 valence electrons. The molecule has 0 bridgehead atoms. The zero-order chi connectivity index (χ0) is 23.3. The first-order valence-corrected chi connectivity index (χ1v) is 11.4. The van der Waals surface area contributed by atoms with E-state index < -0.39 is 0 Å². The Bertz CT molecular complexity index is 1360. The zero-order valence-electron chi connectivity index (χ0n) is 18.4. The van der Waals surface area contributed by atoms with Crippen LogP contribution in [0, 0.1) is 0 Å². The van der Waals surface area contributed by atoms with Gasteiger partial charge in [-0.25, -0.2) is 9.67 Å². The van der Waals surface area contributed by atoms with Gasteiger partial charge in [-0.15, -0.1) is 5.10 Å². The molecule has 2 aromatic carbocycles. The molecule has 0 aliphatic rings. The van der Waals surface area contributed by atoms with Crippen molar-refractivity contribution in [3.63, 3.8) is 0 Å². The lowest BCUT2D eigenvalue weighted by molar-refractivity contribution is -0.122. The van der Waals surface area contributed by atoms with Crippen molar-refractivity contribution in [3.05, 3.63) is 119 Å². The second-order valence-electron chi connectivity index (χ2n) is 8.12. The van der Waals surface area contributed by atoms with Gasteiger partial charge in [0.15, 0.2) is 0 Å². The molecule has 5 rings (SSSR count). The molecular formula is C26H23ClN6O. The van der Waals surface area contributed by atoms with Crippen LogP contribution in [0.5, 0.6) is 0 Å². The Morgan fingerprint density at radius 3 is 2.53 bits per heavy atom. The maximum Gasteiger partial charge on any atom is 0.228 e. The van der Waals surface area contributed by atoms with Gasteiger partial charge in [0.25, 0.3) is 0 Å². The maximum atomic E-state index is 13.2. The molecule has 1 atom stereocenters. The number of aromatic nitrogens is 5. The van der Waals surface area contributed by atoms with Crippen molar-refractivity contribution < 1.29 is 4.79 Å². The van der Waals surface area contributed by atoms with Gasteiger partial charge in [0.05, 0.1) is 30.9 Å². The number of amides is 1. The van der Waals surface area contributed by atoms with Crippen LogP contribution in [-0.4, -0.2) is 30.3 Å². The highest BCUT2D eigenvalue weighted by atomic mass is 35.5. The first-order valence-electron chi connectivity index (χ1n) is 11.0. The molecule has 7 nitrogen and oxygen atoms in total. The minimum Gasteiger partial charge on any atom is -0.350 e. The Morgan fingerprint density at radius 2 is 1.74 bits per heavy atom. The molecule has 8 heteroatoms. The molecule has 34 heavy (non-hydrogen) atoms. The lowest BCUT2D eigenvalue weighted by Crippen LogP contribution is -2.30. The standard InChI is InChI=1S/C26H23ClN6O/c27-21-11-9-19(10-12-21)14-24(20-6-2-1-3-7-20)26(34)28-15-22-17-33(31-30-22)18-23-16-32-13-5-4-8-25(32)29-23/h1-13,16-17,24H,14-15,18H2,(H,28,34). The predicted octanol–water partition coefficient (Wildman–Crippen LogP) is 4.27. The number of fused-ring (bicyclic) bond motifs is 1. The summed E-state index contributed by atoms with van der Waals surface area (Å²) in [6.07, 6.45) is 6.34. The largest absolute Gasteiger partial charge is 0.350 e. The molecule has 1 amide bonds. The molecule has 5 aromatic rings. The quantitative estimate of drug-likeness (QED) is 0.367. The fourth-order valence-electron chi connectivity index (χ4n) is 3.93. The number of benzene rings is 2. The van der Waals surface area contributed by atoms with E-state index in [4.69, 9.17) is 11.6 Å². The van der Waals surface area contributed by atoms with Crippen molar-refractivity contribution >= 4 is 23.2 Å². The molecule has 0 fully saturated rings. The van der Waals surface area contributed by atoms with Gasteiger partial charge in [-0.2, -0.15) is 0 Å². The van der Waals surface area contributed by atoms with E-state index in [1.807, 2.05) is 95.8 Å². The number of halogens is 1. The Kier molecular flexibility index (Phi) is 6.35. The summed E-state index contributed by atoms with van der Waals surface area (Å²) < 4.78 is 3.70. The van der Waals surface area contributed by atoms with E-state index >= 15 is 0 Å². The lowest BCUT2D eigenvalue weighted by atomic mass is 9.91. The molecule has 1 unspecified atom stereocenters. The summed E-state index contributed by atoms with van der Waals surface area (Å²) in [4.78, 5) is 17.8. The lowest BCUT2D eigenvalue weighted by Gasteiger charge is -2.17. The highest BCUT2D eigenvalue weighted by molar-refractivity contribution is 6.30. The Morgan fingerprint density at radius 1 is 0.941 bits per heavy atom. The fraction of sp³-hybridized carbons (Fsp3) is 0.154. The van der Waals surface area contributed by atoms with Gasteiger partial charge in [-0.1, -0.05) is 65.3 Å². The molecule has 0 aliphatic carbocycles. The van der Waals surface area contributed by atoms with Gasteiger partial charge in [0.2, 0.25) is 5.91 Å². The van der Waals surface area contributed by atoms with Gasteiger partial charge in [-0.05, 0) is 41.8 Å². The molecule has 3 aromatic heterocycles. The van der Waals surface area contributed by atoms with E-state index in [0.29, 0.717) is 30.2 Å². The summed E-state index contributed by atoms with van der Waals surface area (Å²) in [5.41, 5.74) is 4.48. The number of pyridine rings is 1. The van der Waals surface area contributed by atoms with Crippen molar-refractivity contribution in [3.8, 4) is 0 Å². The van der Waals surface area contributed by atoms with Crippen LogP contribution in [0.4, 0.5) is 0 Å². The Labute approximate surface area is 202 Å². The van der Waals surface area contributed by atoms with Crippen LogP contribution < -0.4 is 5.32 Å². The SMILES string of the molecule is O=C(NCc1cn(Cc2cn3ccccc3n2)nn1)C(Cc1ccc(Cl)cc1)c1ccccc1. The van der Waals surface area contributed by atoms with Gasteiger partial charge in [-0.3, -0.25) is 4.79 Å². The van der Waals surface area contributed by atoms with Crippen LogP contribution in [0.3, 0.4) is 0 Å². The molecule has 0 saturated heterocycles. The fourth-order valence-corrected chi connectivity index (χ4v) is 4.06. The second-order valence-corrected chi connectivity index (χ2v) is 8.55. The van der Waals surface area contributed by atoms with Gasteiger partial charge < -0.3 is 9.72 Å². The van der Waals surface area contributed by atoms with Gasteiger partial charge in [0.1, 0.15) is 11.3 Å². The average Bonchev–Trinajstić information content (AvgIpc) is 3.49. The van der Waals surface area contributed by atoms with Crippen LogP contribution in [0.15, 0.2) is 91.4 Å². The summed E-state index contributed by atoms with van der Waals surface area (Å²) in [7, 11) is 0. The third-order valence-corrected chi connectivity index (χ3v) is 5.89. The summed E-state index contributed by atoms with van der Waals surface area (Å²) in [5, 5.41) is 12.1. The van der Waals surface area contributed by atoms with Crippen LogP contribution in [0.2, 0.25) is 5.02 Å². The van der Waals surface area contributed by atoms with Crippen molar-refractivity contribution in [2.24, 2.45) is 0 Å². The van der Waals surface area contributed by atoms with Gasteiger partial charge in [0, 0.05) is 17.4 Å². The van der Waals surface area contributed by atoms with E-state index in [0.717, 1.165) is 22.5 Å². The smallest absolute Gasteiger partial charge is 0.228 e. The molecule has 0 saturated carbocycles. The summed E-state index contributed by atoms with van der Waals surface area (Å²) in [6.45, 7) is 0.805. The molecule has 0 aliphatic heterocycles. The van der Waals surface area contributed by atoms with Gasteiger partial charge >= 0.3 is 0 Å². The predicted molar refractivity (Wildman–Crippen MR) is 131 cm³/mol. The minimum absolute atomic E-state index is 0.0592. The molecule has 0 spiro atoms. The van der Waals surface area contributed by atoms with E-state index in [2.05, 4.69) is 20.6 Å². The molecular weight excluding hydrogens is 448 g/mol. The van der Waals surface area contributed by atoms with Crippen LogP contribution in [0.25, 0.3) is 5.65 Å². The number of nitrogens with one attached hydrogen (secondary N) is 1. The highest BCUT2D eigenvalue weighted by Gasteiger charge is 2.21. The third-order valence-electron chi connectivity index (χ3n) is 5.64. The first kappa shape index (κ1) is 21.9. The van der Waals surface area contributed by atoms with Crippen molar-refractivity contribution in [2.75, 3.05) is 0 Å². The zero-order valence-corrected chi connectivity index (χ0v) is 19.1. The topological polar surface area (TPSA) is 77.1 Å². The first-order chi connectivity index (χ1) is 16.6. The van der Waals surface area contributed by atoms with Crippen LogP contribution in [-0.2, 0) is 24.3 Å². The Hall–Kier alpha value is -3.97. The number of carbonyl (C=O) groups excluding carboxylic acids is 1. The van der Waals surface area contributed by atoms with Crippen molar-refractivity contribution in [2.45, 2.75) is 25.4 Å². The molecule has 3 heterocycles. The van der Waals surface area contributed by atoms with E-state index in [1.165, 1.54) is 0 Å². The number of hydrogen-bond acceptors (Lipinski definition) is 4. The van der Waals surface area contributed by atoms with E-state index in [1.54, 1.807) is 4.68 Å². The van der Waals surface area contributed by atoms with Crippen LogP contribution >= 0.6 is 11.6 Å². The van der Waals surface area contributed by atoms with Crippen LogP contribution in [0.1, 0.15) is 28.4 Å². The second kappa shape index (κ2) is 9.89. The average molecular weight is 471 g/mol. The highest BCUT2D eigenvalue weighted by Crippen LogP contribution is 2.22. The maximum absolute atomic E-state index is 13.2. The summed E-state index contributed by atoms with van der Waals surface area (Å²) >= 11 is 6.02. The monoisotopic (exact) mass is 470 g/mol. The van der Waals surface area contributed by atoms with E-state index in [9.17, 15) is 4.79 Å². The number of hydrogen-bond donors (Lipinski definition) is 1. The minimum atomic E-state index is -0.324. The third kappa shape index (κ3) is 5.15. The van der Waals surface area contributed by atoms with Crippen molar-refractivity contribution in [1.29, 1.82) is 0 Å². The van der Waals surface area contributed by atoms with Crippen molar-refractivity contribution in [1.82, 2.24) is 29.7 Å². The normalized spacial score (nSPS) is 12.0.